The van der Waals surface area contributed by atoms with Crippen molar-refractivity contribution in [1.29, 1.82) is 0 Å². The normalized spacial score (nSPS) is 17.6. The quantitative estimate of drug-likeness (QED) is 0.466. The van der Waals surface area contributed by atoms with Crippen LogP contribution in [0.15, 0.2) is 65.1 Å². The van der Waals surface area contributed by atoms with Gasteiger partial charge < -0.3 is 4.90 Å². The van der Waals surface area contributed by atoms with Gasteiger partial charge in [0, 0.05) is 30.1 Å². The molecular formula is C25H29BrN2. The molecule has 0 N–H and O–H groups in total. The Hall–Kier alpha value is -1.68. The minimum Gasteiger partial charge on any atom is -0.302 e. The summed E-state index contributed by atoms with van der Waals surface area (Å²) >= 11 is 3.66. The molecule has 3 aromatic carbocycles. The molecule has 3 aromatic rings. The molecule has 0 saturated carbocycles. The standard InChI is InChI=1S/C25H29BrN2/c1-19-12-13-23(26)15-22(19)17-28(18-24-10-6-14-27(24)2)16-21-9-5-8-20-7-3-4-11-25(20)21/h3-5,7-9,11-13,15,24H,6,10,14,16-18H2,1-2H3/t24-/m0/s1. The smallest absolute Gasteiger partial charge is 0.0244 e. The molecule has 0 spiro atoms. The summed E-state index contributed by atoms with van der Waals surface area (Å²) in [6, 6.07) is 22.8. The Bertz CT molecular complexity index is 947. The van der Waals surface area contributed by atoms with Gasteiger partial charge in [0.2, 0.25) is 0 Å². The van der Waals surface area contributed by atoms with E-state index in [4.69, 9.17) is 0 Å². The fourth-order valence-electron chi connectivity index (χ4n) is 4.42. The molecule has 4 rings (SSSR count). The maximum atomic E-state index is 3.66. The van der Waals surface area contributed by atoms with Crippen molar-refractivity contribution in [1.82, 2.24) is 9.80 Å². The Kier molecular flexibility index (Phi) is 6.15. The zero-order valence-electron chi connectivity index (χ0n) is 16.9. The molecular weight excluding hydrogens is 408 g/mol. The van der Waals surface area contributed by atoms with Crippen LogP contribution in [-0.2, 0) is 13.1 Å². The molecule has 1 aliphatic heterocycles. The van der Waals surface area contributed by atoms with Crippen molar-refractivity contribution >= 4 is 26.7 Å². The minimum absolute atomic E-state index is 0.655. The maximum Gasteiger partial charge on any atom is 0.0244 e. The number of fused-ring (bicyclic) bond motifs is 1. The number of likely N-dealkylation sites (N-methyl/N-ethyl adjacent to an activating group) is 1. The first kappa shape index (κ1) is 19.6. The third-order valence-corrected chi connectivity index (χ3v) is 6.61. The number of likely N-dealkylation sites (tertiary alicyclic amines) is 1. The Morgan fingerprint density at radius 2 is 1.79 bits per heavy atom. The van der Waals surface area contributed by atoms with E-state index in [2.05, 4.69) is 100 Å². The van der Waals surface area contributed by atoms with E-state index in [1.165, 1.54) is 46.8 Å². The van der Waals surface area contributed by atoms with Crippen molar-refractivity contribution in [2.45, 2.75) is 38.9 Å². The molecule has 28 heavy (non-hydrogen) atoms. The van der Waals surface area contributed by atoms with Crippen molar-refractivity contribution in [2.24, 2.45) is 0 Å². The monoisotopic (exact) mass is 436 g/mol. The Labute approximate surface area is 177 Å². The average Bonchev–Trinajstić information content (AvgIpc) is 3.09. The Morgan fingerprint density at radius 1 is 1.00 bits per heavy atom. The van der Waals surface area contributed by atoms with Crippen LogP contribution in [0.5, 0.6) is 0 Å². The topological polar surface area (TPSA) is 6.48 Å². The van der Waals surface area contributed by atoms with E-state index in [9.17, 15) is 0 Å². The summed E-state index contributed by atoms with van der Waals surface area (Å²) < 4.78 is 1.16. The molecule has 2 nitrogen and oxygen atoms in total. The second-order valence-corrected chi connectivity index (χ2v) is 9.07. The molecule has 1 fully saturated rings. The van der Waals surface area contributed by atoms with Crippen LogP contribution in [-0.4, -0.2) is 36.0 Å². The van der Waals surface area contributed by atoms with E-state index in [1.807, 2.05) is 0 Å². The first-order valence-electron chi connectivity index (χ1n) is 10.2. The summed E-state index contributed by atoms with van der Waals surface area (Å²) in [6.45, 7) is 6.53. The summed E-state index contributed by atoms with van der Waals surface area (Å²) in [5.41, 5.74) is 4.20. The SMILES string of the molecule is Cc1ccc(Br)cc1CN(Cc1cccc2ccccc12)C[C@@H]1CCCN1C. The number of rotatable bonds is 6. The Balaban J connectivity index is 1.63. The highest BCUT2D eigenvalue weighted by atomic mass is 79.9. The van der Waals surface area contributed by atoms with Crippen LogP contribution in [0.2, 0.25) is 0 Å². The van der Waals surface area contributed by atoms with Crippen LogP contribution in [0.1, 0.15) is 29.5 Å². The van der Waals surface area contributed by atoms with Gasteiger partial charge >= 0.3 is 0 Å². The van der Waals surface area contributed by atoms with Gasteiger partial charge in [0.15, 0.2) is 0 Å². The van der Waals surface area contributed by atoms with Crippen LogP contribution >= 0.6 is 15.9 Å². The highest BCUT2D eigenvalue weighted by Crippen LogP contribution is 2.25. The van der Waals surface area contributed by atoms with Gasteiger partial charge in [0.25, 0.3) is 0 Å². The molecule has 1 aliphatic rings. The van der Waals surface area contributed by atoms with Crippen molar-refractivity contribution in [2.75, 3.05) is 20.1 Å². The number of aryl methyl sites for hydroxylation is 1. The first-order valence-corrected chi connectivity index (χ1v) is 11.0. The fraction of sp³-hybridized carbons (Fsp3) is 0.360. The predicted molar refractivity (Wildman–Crippen MR) is 123 cm³/mol. The molecule has 1 atom stereocenters. The summed E-state index contributed by atoms with van der Waals surface area (Å²) in [6.07, 6.45) is 2.62. The van der Waals surface area contributed by atoms with Crippen LogP contribution < -0.4 is 0 Å². The zero-order chi connectivity index (χ0) is 19.5. The van der Waals surface area contributed by atoms with Crippen LogP contribution in [0, 0.1) is 6.92 Å². The average molecular weight is 437 g/mol. The van der Waals surface area contributed by atoms with Crippen molar-refractivity contribution < 1.29 is 0 Å². The fourth-order valence-corrected chi connectivity index (χ4v) is 4.82. The lowest BCUT2D eigenvalue weighted by Gasteiger charge is -2.30. The van der Waals surface area contributed by atoms with E-state index >= 15 is 0 Å². The molecule has 0 amide bonds. The Morgan fingerprint density at radius 3 is 2.61 bits per heavy atom. The van der Waals surface area contributed by atoms with E-state index < -0.39 is 0 Å². The molecule has 146 valence electrons. The molecule has 3 heteroatoms. The molecule has 0 aromatic heterocycles. The van der Waals surface area contributed by atoms with Gasteiger partial charge in [-0.1, -0.05) is 64.5 Å². The van der Waals surface area contributed by atoms with Gasteiger partial charge in [0.05, 0.1) is 0 Å². The van der Waals surface area contributed by atoms with Gasteiger partial charge in [-0.2, -0.15) is 0 Å². The van der Waals surface area contributed by atoms with Gasteiger partial charge in [-0.15, -0.1) is 0 Å². The van der Waals surface area contributed by atoms with E-state index in [0.29, 0.717) is 6.04 Å². The van der Waals surface area contributed by atoms with Crippen LogP contribution in [0.4, 0.5) is 0 Å². The molecule has 0 radical (unpaired) electrons. The van der Waals surface area contributed by atoms with Gasteiger partial charge in [-0.3, -0.25) is 4.90 Å². The molecule has 0 unspecified atom stereocenters. The second-order valence-electron chi connectivity index (χ2n) is 8.16. The maximum absolute atomic E-state index is 3.66. The molecule has 1 heterocycles. The summed E-state index contributed by atoms with van der Waals surface area (Å²) in [4.78, 5) is 5.17. The summed E-state index contributed by atoms with van der Waals surface area (Å²) in [5.74, 6) is 0. The van der Waals surface area contributed by atoms with Crippen molar-refractivity contribution in [3.05, 3.63) is 81.8 Å². The van der Waals surface area contributed by atoms with E-state index in [1.54, 1.807) is 0 Å². The van der Waals surface area contributed by atoms with Gasteiger partial charge in [-0.05, 0) is 73.0 Å². The van der Waals surface area contributed by atoms with Gasteiger partial charge in [0.1, 0.15) is 0 Å². The lowest BCUT2D eigenvalue weighted by atomic mass is 10.0. The molecule has 1 saturated heterocycles. The lowest BCUT2D eigenvalue weighted by Crippen LogP contribution is -2.38. The molecule has 0 aliphatic carbocycles. The predicted octanol–water partition coefficient (Wildman–Crippen LogP) is 6.01. The van der Waals surface area contributed by atoms with E-state index in [0.717, 1.165) is 24.1 Å². The number of hydrogen-bond donors (Lipinski definition) is 0. The third-order valence-electron chi connectivity index (χ3n) is 6.12. The van der Waals surface area contributed by atoms with Crippen molar-refractivity contribution in [3.8, 4) is 0 Å². The van der Waals surface area contributed by atoms with Crippen LogP contribution in [0.3, 0.4) is 0 Å². The lowest BCUT2D eigenvalue weighted by molar-refractivity contribution is 0.180. The largest absolute Gasteiger partial charge is 0.302 e. The summed E-state index contributed by atoms with van der Waals surface area (Å²) in [7, 11) is 2.28. The number of nitrogens with zero attached hydrogens (tertiary/aromatic N) is 2. The molecule has 0 bridgehead atoms. The highest BCUT2D eigenvalue weighted by Gasteiger charge is 2.24. The third kappa shape index (κ3) is 4.48. The number of halogens is 1. The van der Waals surface area contributed by atoms with Crippen molar-refractivity contribution in [3.63, 3.8) is 0 Å². The van der Waals surface area contributed by atoms with Gasteiger partial charge in [-0.25, -0.2) is 0 Å². The number of hydrogen-bond acceptors (Lipinski definition) is 2. The first-order chi connectivity index (χ1) is 13.6. The van der Waals surface area contributed by atoms with E-state index in [-0.39, 0.29) is 0 Å². The zero-order valence-corrected chi connectivity index (χ0v) is 18.5. The highest BCUT2D eigenvalue weighted by molar-refractivity contribution is 9.10. The second kappa shape index (κ2) is 8.77. The minimum atomic E-state index is 0.655. The van der Waals surface area contributed by atoms with Crippen LogP contribution in [0.25, 0.3) is 10.8 Å². The number of benzene rings is 3. The summed E-state index contributed by atoms with van der Waals surface area (Å²) in [5, 5.41) is 2.71.